The van der Waals surface area contributed by atoms with Crippen LogP contribution < -0.4 is 4.74 Å². The van der Waals surface area contributed by atoms with Crippen LogP contribution in [0.1, 0.15) is 17.4 Å². The molecule has 2 rings (SSSR count). The molecular weight excluding hydrogens is 240 g/mol. The lowest BCUT2D eigenvalue weighted by Crippen LogP contribution is -2.07. The first-order valence-electron chi connectivity index (χ1n) is 5.13. The Bertz CT molecular complexity index is 488. The van der Waals surface area contributed by atoms with Gasteiger partial charge in [0.1, 0.15) is 11.9 Å². The minimum absolute atomic E-state index is 0.454. The average Bonchev–Trinajstić information content (AvgIpc) is 2.68. The van der Waals surface area contributed by atoms with Crippen LogP contribution in [0.2, 0.25) is 5.02 Å². The van der Waals surface area contributed by atoms with Gasteiger partial charge in [0.2, 0.25) is 0 Å². The zero-order valence-corrected chi connectivity index (χ0v) is 10.3. The van der Waals surface area contributed by atoms with E-state index >= 15 is 0 Å². The SMILES string of the molecule is COc1ccc(C(O)c2c(Cl)cnn2C)cc1. The van der Waals surface area contributed by atoms with Crippen molar-refractivity contribution >= 4 is 11.6 Å². The van der Waals surface area contributed by atoms with Crippen LogP contribution in [-0.2, 0) is 7.05 Å². The van der Waals surface area contributed by atoms with E-state index in [1.54, 1.807) is 43.1 Å². The number of ether oxygens (including phenoxy) is 1. The third-order valence-electron chi connectivity index (χ3n) is 2.63. The number of benzene rings is 1. The number of aliphatic hydroxyl groups excluding tert-OH is 1. The summed E-state index contributed by atoms with van der Waals surface area (Å²) in [5.74, 6) is 0.747. The molecule has 1 atom stereocenters. The van der Waals surface area contributed by atoms with E-state index in [0.717, 1.165) is 11.3 Å². The molecule has 0 amide bonds. The third-order valence-corrected chi connectivity index (χ3v) is 2.92. The molecule has 4 nitrogen and oxygen atoms in total. The van der Waals surface area contributed by atoms with E-state index in [2.05, 4.69) is 5.10 Å². The lowest BCUT2D eigenvalue weighted by molar-refractivity contribution is 0.210. The maximum Gasteiger partial charge on any atom is 0.122 e. The largest absolute Gasteiger partial charge is 0.497 e. The van der Waals surface area contributed by atoms with Crippen molar-refractivity contribution in [3.05, 3.63) is 46.7 Å². The van der Waals surface area contributed by atoms with E-state index in [9.17, 15) is 5.11 Å². The zero-order valence-electron chi connectivity index (χ0n) is 9.59. The molecule has 17 heavy (non-hydrogen) atoms. The molecule has 1 aromatic carbocycles. The summed E-state index contributed by atoms with van der Waals surface area (Å²) < 4.78 is 6.63. The van der Waals surface area contributed by atoms with Gasteiger partial charge in [0.25, 0.3) is 0 Å². The van der Waals surface area contributed by atoms with Gasteiger partial charge in [-0.2, -0.15) is 5.10 Å². The van der Waals surface area contributed by atoms with E-state index in [-0.39, 0.29) is 0 Å². The Morgan fingerprint density at radius 1 is 1.35 bits per heavy atom. The number of aliphatic hydroxyl groups is 1. The molecular formula is C12H13ClN2O2. The van der Waals surface area contributed by atoms with E-state index < -0.39 is 6.10 Å². The number of aryl methyl sites for hydroxylation is 1. The molecule has 0 saturated heterocycles. The van der Waals surface area contributed by atoms with Crippen molar-refractivity contribution in [1.29, 1.82) is 0 Å². The highest BCUT2D eigenvalue weighted by Crippen LogP contribution is 2.28. The van der Waals surface area contributed by atoms with Gasteiger partial charge in [-0.3, -0.25) is 4.68 Å². The molecule has 0 saturated carbocycles. The molecule has 0 aliphatic heterocycles. The second kappa shape index (κ2) is 4.77. The molecule has 2 aromatic rings. The predicted molar refractivity (Wildman–Crippen MR) is 65.3 cm³/mol. The minimum atomic E-state index is -0.791. The Morgan fingerprint density at radius 2 is 2.00 bits per heavy atom. The maximum atomic E-state index is 10.2. The van der Waals surface area contributed by atoms with Crippen LogP contribution in [0.4, 0.5) is 0 Å². The van der Waals surface area contributed by atoms with Crippen LogP contribution in [0.15, 0.2) is 30.5 Å². The van der Waals surface area contributed by atoms with E-state index in [1.165, 1.54) is 6.20 Å². The summed E-state index contributed by atoms with van der Waals surface area (Å²) in [6.45, 7) is 0. The van der Waals surface area contributed by atoms with Gasteiger partial charge in [-0.1, -0.05) is 23.7 Å². The van der Waals surface area contributed by atoms with Gasteiger partial charge in [0, 0.05) is 7.05 Å². The first-order valence-corrected chi connectivity index (χ1v) is 5.50. The number of aromatic nitrogens is 2. The van der Waals surface area contributed by atoms with Gasteiger partial charge in [0.15, 0.2) is 0 Å². The Morgan fingerprint density at radius 3 is 2.47 bits per heavy atom. The fourth-order valence-corrected chi connectivity index (χ4v) is 1.94. The second-order valence-electron chi connectivity index (χ2n) is 3.68. The molecule has 5 heteroatoms. The number of hydrogen-bond acceptors (Lipinski definition) is 3. The molecule has 1 N–H and O–H groups in total. The lowest BCUT2D eigenvalue weighted by atomic mass is 10.1. The van der Waals surface area contributed by atoms with Crippen molar-refractivity contribution in [2.24, 2.45) is 7.05 Å². The van der Waals surface area contributed by atoms with Crippen molar-refractivity contribution in [3.8, 4) is 5.75 Å². The predicted octanol–water partition coefficient (Wildman–Crippen LogP) is 2.16. The molecule has 0 aliphatic rings. The zero-order chi connectivity index (χ0) is 12.4. The third kappa shape index (κ3) is 2.28. The van der Waals surface area contributed by atoms with Gasteiger partial charge in [-0.15, -0.1) is 0 Å². The average molecular weight is 253 g/mol. The van der Waals surface area contributed by atoms with Gasteiger partial charge in [-0.05, 0) is 17.7 Å². The first kappa shape index (κ1) is 12.0. The van der Waals surface area contributed by atoms with Crippen molar-refractivity contribution in [3.63, 3.8) is 0 Å². The normalized spacial score (nSPS) is 12.5. The molecule has 1 unspecified atom stereocenters. The summed E-state index contributed by atoms with van der Waals surface area (Å²) in [7, 11) is 3.34. The van der Waals surface area contributed by atoms with Crippen molar-refractivity contribution < 1.29 is 9.84 Å². The highest BCUT2D eigenvalue weighted by atomic mass is 35.5. The number of nitrogens with zero attached hydrogens (tertiary/aromatic N) is 2. The van der Waals surface area contributed by atoms with Crippen LogP contribution in [-0.4, -0.2) is 22.0 Å². The Balaban J connectivity index is 2.33. The number of methoxy groups -OCH3 is 1. The standard InChI is InChI=1S/C12H13ClN2O2/c1-15-11(10(13)7-14-15)12(16)8-3-5-9(17-2)6-4-8/h3-7,12,16H,1-2H3. The van der Waals surface area contributed by atoms with Gasteiger partial charge in [-0.25, -0.2) is 0 Å². The molecule has 1 aromatic heterocycles. The number of rotatable bonds is 3. The molecule has 0 radical (unpaired) electrons. The smallest absolute Gasteiger partial charge is 0.122 e. The molecule has 0 fully saturated rings. The highest BCUT2D eigenvalue weighted by Gasteiger charge is 2.18. The summed E-state index contributed by atoms with van der Waals surface area (Å²) in [6, 6.07) is 7.19. The van der Waals surface area contributed by atoms with Gasteiger partial charge >= 0.3 is 0 Å². The number of halogens is 1. The number of hydrogen-bond donors (Lipinski definition) is 1. The van der Waals surface area contributed by atoms with Crippen LogP contribution >= 0.6 is 11.6 Å². The molecule has 0 aliphatic carbocycles. The second-order valence-corrected chi connectivity index (χ2v) is 4.08. The summed E-state index contributed by atoms with van der Waals surface area (Å²) in [6.07, 6.45) is 0.727. The Hall–Kier alpha value is -1.52. The molecule has 0 bridgehead atoms. The van der Waals surface area contributed by atoms with Gasteiger partial charge < -0.3 is 9.84 Å². The van der Waals surface area contributed by atoms with Crippen LogP contribution in [0.25, 0.3) is 0 Å². The molecule has 1 heterocycles. The first-order chi connectivity index (χ1) is 8.13. The molecule has 0 spiro atoms. The van der Waals surface area contributed by atoms with E-state index in [0.29, 0.717) is 10.7 Å². The fraction of sp³-hybridized carbons (Fsp3) is 0.250. The van der Waals surface area contributed by atoms with Crippen LogP contribution in [0.5, 0.6) is 5.75 Å². The van der Waals surface area contributed by atoms with Gasteiger partial charge in [0.05, 0.1) is 24.0 Å². The Labute approximate surface area is 104 Å². The molecule has 90 valence electrons. The lowest BCUT2D eigenvalue weighted by Gasteiger charge is -2.12. The topological polar surface area (TPSA) is 47.3 Å². The highest BCUT2D eigenvalue weighted by molar-refractivity contribution is 6.31. The van der Waals surface area contributed by atoms with Crippen molar-refractivity contribution in [1.82, 2.24) is 9.78 Å². The minimum Gasteiger partial charge on any atom is -0.497 e. The maximum absolute atomic E-state index is 10.2. The fourth-order valence-electron chi connectivity index (χ4n) is 1.67. The summed E-state index contributed by atoms with van der Waals surface area (Å²) in [4.78, 5) is 0. The summed E-state index contributed by atoms with van der Waals surface area (Å²) >= 11 is 5.98. The van der Waals surface area contributed by atoms with Crippen LogP contribution in [0, 0.1) is 0 Å². The monoisotopic (exact) mass is 252 g/mol. The Kier molecular flexibility index (Phi) is 3.36. The van der Waals surface area contributed by atoms with Crippen molar-refractivity contribution in [2.45, 2.75) is 6.10 Å². The summed E-state index contributed by atoms with van der Waals surface area (Å²) in [5, 5.41) is 14.7. The van der Waals surface area contributed by atoms with E-state index in [1.807, 2.05) is 0 Å². The van der Waals surface area contributed by atoms with Crippen molar-refractivity contribution in [2.75, 3.05) is 7.11 Å². The summed E-state index contributed by atoms with van der Waals surface area (Å²) in [5.41, 5.74) is 1.33. The van der Waals surface area contributed by atoms with Crippen LogP contribution in [0.3, 0.4) is 0 Å². The van der Waals surface area contributed by atoms with E-state index in [4.69, 9.17) is 16.3 Å². The quantitative estimate of drug-likeness (QED) is 0.911.